The Morgan fingerprint density at radius 3 is 2.77 bits per heavy atom. The minimum atomic E-state index is 0.00820. The number of ketones is 1. The Morgan fingerprint density at radius 1 is 1.62 bits per heavy atom. The molecule has 1 aromatic heterocycles. The van der Waals surface area contributed by atoms with E-state index in [0.29, 0.717) is 5.75 Å². The zero-order valence-corrected chi connectivity index (χ0v) is 7.86. The topological polar surface area (TPSA) is 39.2 Å². The van der Waals surface area contributed by atoms with Gasteiger partial charge in [0.1, 0.15) is 12.4 Å². The quantitative estimate of drug-likeness (QED) is 0.652. The molecule has 2 radical (unpaired) electrons. The maximum absolute atomic E-state index is 10.5. The Bertz CT molecular complexity index is 239. The van der Waals surface area contributed by atoms with Crippen molar-refractivity contribution in [3.05, 3.63) is 24.5 Å². The minimum Gasteiger partial charge on any atom is -0.484 e. The van der Waals surface area contributed by atoms with Crippen molar-refractivity contribution in [2.45, 2.75) is 13.7 Å². The van der Waals surface area contributed by atoms with Crippen LogP contribution in [0.3, 0.4) is 0 Å². The lowest BCUT2D eigenvalue weighted by Gasteiger charge is -2.00. The molecule has 0 aliphatic carbocycles. The van der Waals surface area contributed by atoms with Crippen LogP contribution in [0.1, 0.15) is 6.92 Å². The van der Waals surface area contributed by atoms with Crippen molar-refractivity contribution >= 4 is 13.6 Å². The number of pyridine rings is 1. The van der Waals surface area contributed by atoms with Crippen LogP contribution in [0.2, 0.25) is 6.82 Å². The number of ether oxygens (including phenoxy) is 1. The molecule has 0 bridgehead atoms. The van der Waals surface area contributed by atoms with Gasteiger partial charge in [-0.2, -0.15) is 0 Å². The number of hydrogen-bond donors (Lipinski definition) is 0. The zero-order valence-electron chi connectivity index (χ0n) is 7.86. The Kier molecular flexibility index (Phi) is 6.60. The number of carbonyl (C=O) groups is 1. The number of Topliss-reactive ketones (excluding diaryl/α,β-unsaturated/α-hetero) is 1. The third-order valence-corrected chi connectivity index (χ3v) is 1.08. The minimum absolute atomic E-state index is 0.00820. The summed E-state index contributed by atoms with van der Waals surface area (Å²) in [5.41, 5.74) is 0. The Morgan fingerprint density at radius 2 is 2.31 bits per heavy atom. The summed E-state index contributed by atoms with van der Waals surface area (Å²) in [7, 11) is 4.50. The van der Waals surface area contributed by atoms with E-state index in [1.54, 1.807) is 24.5 Å². The molecule has 1 rings (SSSR count). The number of nitrogens with zero attached hydrogens (tertiary/aromatic N) is 1. The summed E-state index contributed by atoms with van der Waals surface area (Å²) in [5, 5.41) is 0. The molecule has 0 aromatic carbocycles. The van der Waals surface area contributed by atoms with Gasteiger partial charge in [0.15, 0.2) is 5.78 Å². The molecule has 4 heteroatoms. The summed E-state index contributed by atoms with van der Waals surface area (Å²) in [6.45, 7) is 3.10. The average molecular weight is 177 g/mol. The van der Waals surface area contributed by atoms with Gasteiger partial charge in [0.05, 0.1) is 14.0 Å². The summed E-state index contributed by atoms with van der Waals surface area (Å²) in [5.74, 6) is 0.636. The van der Waals surface area contributed by atoms with Gasteiger partial charge in [0, 0.05) is 6.20 Å². The highest BCUT2D eigenvalue weighted by Crippen LogP contribution is 2.05. The summed E-state index contributed by atoms with van der Waals surface area (Å²) in [6.07, 6.45) is 3.23. The summed E-state index contributed by atoms with van der Waals surface area (Å²) >= 11 is 0. The first kappa shape index (κ1) is 11.7. The van der Waals surface area contributed by atoms with E-state index in [9.17, 15) is 4.79 Å². The zero-order chi connectivity index (χ0) is 10.1. The molecule has 0 saturated carbocycles. The molecule has 68 valence electrons. The summed E-state index contributed by atoms with van der Waals surface area (Å²) in [6, 6.07) is 3.52. The van der Waals surface area contributed by atoms with Crippen LogP contribution < -0.4 is 4.74 Å². The molecule has 0 aliphatic rings. The van der Waals surface area contributed by atoms with Crippen molar-refractivity contribution in [2.75, 3.05) is 6.61 Å². The molecule has 0 aliphatic heterocycles. The summed E-state index contributed by atoms with van der Waals surface area (Å²) in [4.78, 5) is 14.3. The van der Waals surface area contributed by atoms with Crippen LogP contribution in [-0.4, -0.2) is 25.2 Å². The lowest BCUT2D eigenvalue weighted by Crippen LogP contribution is -2.06. The Labute approximate surface area is 79.5 Å². The second kappa shape index (κ2) is 7.34. The first-order chi connectivity index (χ1) is 6.29. The predicted octanol–water partition coefficient (Wildman–Crippen LogP) is 1.25. The molecule has 3 nitrogen and oxygen atoms in total. The lowest BCUT2D eigenvalue weighted by molar-refractivity contribution is -0.118. The van der Waals surface area contributed by atoms with E-state index in [-0.39, 0.29) is 12.4 Å². The van der Waals surface area contributed by atoms with Crippen LogP contribution in [0, 0.1) is 0 Å². The van der Waals surface area contributed by atoms with Gasteiger partial charge in [-0.25, -0.2) is 0 Å². The van der Waals surface area contributed by atoms with E-state index in [4.69, 9.17) is 4.74 Å². The third-order valence-electron chi connectivity index (χ3n) is 1.08. The molecule has 0 unspecified atom stereocenters. The van der Waals surface area contributed by atoms with Crippen molar-refractivity contribution in [2.24, 2.45) is 0 Å². The SMILES string of the molecule is CC(=O)COc1cccnc1.[B]C. The predicted molar refractivity (Wildman–Crippen MR) is 52.0 cm³/mol. The fourth-order valence-electron chi connectivity index (χ4n) is 0.617. The highest BCUT2D eigenvalue weighted by atomic mass is 16.5. The lowest BCUT2D eigenvalue weighted by atomic mass is 10.2. The molecular weight excluding hydrogens is 165 g/mol. The molecule has 0 atom stereocenters. The van der Waals surface area contributed by atoms with Gasteiger partial charge in [0.25, 0.3) is 0 Å². The smallest absolute Gasteiger partial charge is 0.167 e. The van der Waals surface area contributed by atoms with Gasteiger partial charge in [0.2, 0.25) is 0 Å². The van der Waals surface area contributed by atoms with Gasteiger partial charge in [-0.1, -0.05) is 6.82 Å². The molecule has 0 N–H and O–H groups in total. The van der Waals surface area contributed by atoms with Crippen LogP contribution >= 0.6 is 0 Å². The van der Waals surface area contributed by atoms with Crippen LogP contribution in [0.4, 0.5) is 0 Å². The van der Waals surface area contributed by atoms with Gasteiger partial charge >= 0.3 is 0 Å². The van der Waals surface area contributed by atoms with Gasteiger partial charge < -0.3 is 4.74 Å². The molecule has 13 heavy (non-hydrogen) atoms. The largest absolute Gasteiger partial charge is 0.484 e. The van der Waals surface area contributed by atoms with Crippen molar-refractivity contribution in [3.63, 3.8) is 0 Å². The number of aromatic nitrogens is 1. The number of hydrogen-bond acceptors (Lipinski definition) is 3. The van der Waals surface area contributed by atoms with Gasteiger partial charge in [-0.3, -0.25) is 9.78 Å². The second-order valence-electron chi connectivity index (χ2n) is 2.18. The van der Waals surface area contributed by atoms with E-state index in [2.05, 4.69) is 12.8 Å². The molecule has 1 heterocycles. The number of carbonyl (C=O) groups excluding carboxylic acids is 1. The second-order valence-corrected chi connectivity index (χ2v) is 2.18. The van der Waals surface area contributed by atoms with E-state index in [1.165, 1.54) is 13.7 Å². The maximum Gasteiger partial charge on any atom is 0.167 e. The monoisotopic (exact) mass is 177 g/mol. The highest BCUT2D eigenvalue weighted by Gasteiger charge is 1.94. The Hall–Kier alpha value is -1.32. The van der Waals surface area contributed by atoms with E-state index in [1.807, 2.05) is 0 Å². The van der Waals surface area contributed by atoms with Gasteiger partial charge in [-0.05, 0) is 19.1 Å². The van der Waals surface area contributed by atoms with Crippen LogP contribution in [0.5, 0.6) is 5.75 Å². The average Bonchev–Trinajstić information content (AvgIpc) is 2.19. The molecule has 1 aromatic rings. The maximum atomic E-state index is 10.5. The van der Waals surface area contributed by atoms with Crippen molar-refractivity contribution in [3.8, 4) is 5.75 Å². The van der Waals surface area contributed by atoms with E-state index < -0.39 is 0 Å². The van der Waals surface area contributed by atoms with Gasteiger partial charge in [-0.15, -0.1) is 0 Å². The fraction of sp³-hybridized carbons (Fsp3) is 0.333. The third kappa shape index (κ3) is 5.90. The Balaban J connectivity index is 0.000000671. The first-order valence-corrected chi connectivity index (χ1v) is 3.89. The van der Waals surface area contributed by atoms with Crippen LogP contribution in [0.25, 0.3) is 0 Å². The standard InChI is InChI=1S/C8H9NO2.CH3B/c1-7(10)6-11-8-3-2-4-9-5-8;1-2/h2-5H,6H2,1H3;1H3. The van der Waals surface area contributed by atoms with Crippen molar-refractivity contribution in [1.82, 2.24) is 4.98 Å². The van der Waals surface area contributed by atoms with Crippen molar-refractivity contribution in [1.29, 1.82) is 0 Å². The highest BCUT2D eigenvalue weighted by molar-refractivity contribution is 6.05. The van der Waals surface area contributed by atoms with Crippen LogP contribution in [0.15, 0.2) is 24.5 Å². The van der Waals surface area contributed by atoms with E-state index >= 15 is 0 Å². The fourth-order valence-corrected chi connectivity index (χ4v) is 0.617. The van der Waals surface area contributed by atoms with Crippen LogP contribution in [-0.2, 0) is 4.79 Å². The molecule has 0 saturated heterocycles. The summed E-state index contributed by atoms with van der Waals surface area (Å²) < 4.78 is 5.06. The molecular formula is C9H12BNO2. The first-order valence-electron chi connectivity index (χ1n) is 3.89. The van der Waals surface area contributed by atoms with Crippen molar-refractivity contribution < 1.29 is 9.53 Å². The normalized spacial score (nSPS) is 8.15. The molecule has 0 fully saturated rings. The number of rotatable bonds is 3. The van der Waals surface area contributed by atoms with E-state index in [0.717, 1.165) is 0 Å². The molecule has 0 amide bonds. The molecule has 0 spiro atoms.